The summed E-state index contributed by atoms with van der Waals surface area (Å²) in [5, 5.41) is 5.61. The number of benzene rings is 1. The minimum atomic E-state index is -0.150. The molecule has 1 aliphatic heterocycles. The third-order valence-corrected chi connectivity index (χ3v) is 3.92. The molecule has 2 atom stereocenters. The average molecular weight is 303 g/mol. The number of carbonyl (C=O) groups is 2. The molecule has 0 bridgehead atoms. The number of nitrogens with one attached hydrogen (secondary N) is 2. The van der Waals surface area contributed by atoms with Crippen molar-refractivity contribution in [3.63, 3.8) is 0 Å². The lowest BCUT2D eigenvalue weighted by molar-refractivity contribution is -0.115. The van der Waals surface area contributed by atoms with Crippen molar-refractivity contribution in [3.05, 3.63) is 29.8 Å². The monoisotopic (exact) mass is 303 g/mol. The Morgan fingerprint density at radius 3 is 2.45 bits per heavy atom. The third kappa shape index (κ3) is 4.07. The highest BCUT2D eigenvalue weighted by atomic mass is 16.2. The first-order valence-electron chi connectivity index (χ1n) is 7.84. The fourth-order valence-corrected chi connectivity index (χ4v) is 3.13. The SMILES string of the molecule is CNCC(=O)Nc1ccccc1C(=O)N1CC(C)CC(C)C1. The van der Waals surface area contributed by atoms with E-state index in [-0.39, 0.29) is 18.4 Å². The van der Waals surface area contributed by atoms with Crippen molar-refractivity contribution in [1.82, 2.24) is 10.2 Å². The molecular weight excluding hydrogens is 278 g/mol. The lowest BCUT2D eigenvalue weighted by Gasteiger charge is -2.35. The standard InChI is InChI=1S/C17H25N3O2/c1-12-8-13(2)11-20(10-12)17(22)14-6-4-5-7-15(14)19-16(21)9-18-3/h4-7,12-13,18H,8-11H2,1-3H3,(H,19,21). The quantitative estimate of drug-likeness (QED) is 0.894. The van der Waals surface area contributed by atoms with E-state index in [4.69, 9.17) is 0 Å². The summed E-state index contributed by atoms with van der Waals surface area (Å²) >= 11 is 0. The zero-order valence-electron chi connectivity index (χ0n) is 13.6. The molecule has 2 N–H and O–H groups in total. The van der Waals surface area contributed by atoms with E-state index in [1.54, 1.807) is 19.2 Å². The summed E-state index contributed by atoms with van der Waals surface area (Å²) in [6.07, 6.45) is 1.16. The highest BCUT2D eigenvalue weighted by Crippen LogP contribution is 2.24. The maximum Gasteiger partial charge on any atom is 0.255 e. The molecule has 2 amide bonds. The van der Waals surface area contributed by atoms with E-state index in [2.05, 4.69) is 24.5 Å². The van der Waals surface area contributed by atoms with Crippen LogP contribution in [0.4, 0.5) is 5.69 Å². The van der Waals surface area contributed by atoms with Gasteiger partial charge in [0.25, 0.3) is 5.91 Å². The van der Waals surface area contributed by atoms with E-state index < -0.39 is 0 Å². The average Bonchev–Trinajstić information content (AvgIpc) is 2.46. The summed E-state index contributed by atoms with van der Waals surface area (Å²) in [4.78, 5) is 26.5. The maximum absolute atomic E-state index is 12.8. The molecule has 120 valence electrons. The summed E-state index contributed by atoms with van der Waals surface area (Å²) in [6, 6.07) is 7.21. The Labute approximate surface area is 132 Å². The van der Waals surface area contributed by atoms with Crippen LogP contribution in [0.3, 0.4) is 0 Å². The Hall–Kier alpha value is -1.88. The number of anilines is 1. The molecule has 2 rings (SSSR count). The van der Waals surface area contributed by atoms with Crippen LogP contribution in [0.5, 0.6) is 0 Å². The molecule has 1 aliphatic rings. The first kappa shape index (κ1) is 16.5. The third-order valence-electron chi connectivity index (χ3n) is 3.92. The topological polar surface area (TPSA) is 61.4 Å². The van der Waals surface area contributed by atoms with Gasteiger partial charge in [-0.2, -0.15) is 0 Å². The fourth-order valence-electron chi connectivity index (χ4n) is 3.13. The summed E-state index contributed by atoms with van der Waals surface area (Å²) < 4.78 is 0. The van der Waals surface area contributed by atoms with Gasteiger partial charge in [-0.3, -0.25) is 9.59 Å². The minimum Gasteiger partial charge on any atom is -0.338 e. The van der Waals surface area contributed by atoms with Crippen molar-refractivity contribution in [1.29, 1.82) is 0 Å². The second-order valence-electron chi connectivity index (χ2n) is 6.28. The Kier molecular flexibility index (Phi) is 5.55. The molecule has 0 spiro atoms. The lowest BCUT2D eigenvalue weighted by atomic mass is 9.91. The Bertz CT molecular complexity index is 534. The second-order valence-corrected chi connectivity index (χ2v) is 6.28. The zero-order chi connectivity index (χ0) is 16.1. The number of hydrogen-bond acceptors (Lipinski definition) is 3. The van der Waals surface area contributed by atoms with Crippen molar-refractivity contribution in [3.8, 4) is 0 Å². The summed E-state index contributed by atoms with van der Waals surface area (Å²) in [5.74, 6) is 0.874. The van der Waals surface area contributed by atoms with Gasteiger partial charge < -0.3 is 15.5 Å². The Morgan fingerprint density at radius 2 is 1.82 bits per heavy atom. The van der Waals surface area contributed by atoms with E-state index >= 15 is 0 Å². The molecule has 0 aromatic heterocycles. The van der Waals surface area contributed by atoms with E-state index in [0.717, 1.165) is 19.5 Å². The van der Waals surface area contributed by atoms with Gasteiger partial charge in [-0.05, 0) is 37.4 Å². The molecule has 0 aliphatic carbocycles. The molecule has 2 unspecified atom stereocenters. The molecule has 1 aromatic carbocycles. The second kappa shape index (κ2) is 7.40. The Morgan fingerprint density at radius 1 is 1.18 bits per heavy atom. The fraction of sp³-hybridized carbons (Fsp3) is 0.529. The zero-order valence-corrected chi connectivity index (χ0v) is 13.6. The summed E-state index contributed by atoms with van der Waals surface area (Å²) in [7, 11) is 1.72. The van der Waals surface area contributed by atoms with Crippen LogP contribution in [-0.2, 0) is 4.79 Å². The lowest BCUT2D eigenvalue weighted by Crippen LogP contribution is -2.42. The van der Waals surface area contributed by atoms with Crippen LogP contribution >= 0.6 is 0 Å². The van der Waals surface area contributed by atoms with E-state index in [0.29, 0.717) is 23.1 Å². The molecule has 1 aromatic rings. The number of hydrogen-bond donors (Lipinski definition) is 2. The largest absolute Gasteiger partial charge is 0.338 e. The van der Waals surface area contributed by atoms with Crippen LogP contribution in [0.15, 0.2) is 24.3 Å². The van der Waals surface area contributed by atoms with Crippen LogP contribution in [0, 0.1) is 11.8 Å². The van der Waals surface area contributed by atoms with Crippen molar-refractivity contribution < 1.29 is 9.59 Å². The number of piperidine rings is 1. The predicted octanol–water partition coefficient (Wildman–Crippen LogP) is 1.96. The molecule has 1 heterocycles. The summed E-state index contributed by atoms with van der Waals surface area (Å²) in [6.45, 7) is 6.14. The van der Waals surface area contributed by atoms with Crippen molar-refractivity contribution in [2.75, 3.05) is 32.0 Å². The van der Waals surface area contributed by atoms with Gasteiger partial charge >= 0.3 is 0 Å². The van der Waals surface area contributed by atoms with Crippen LogP contribution in [0.2, 0.25) is 0 Å². The highest BCUT2D eigenvalue weighted by Gasteiger charge is 2.27. The number of amides is 2. The first-order valence-corrected chi connectivity index (χ1v) is 7.84. The highest BCUT2D eigenvalue weighted by molar-refractivity contribution is 6.04. The van der Waals surface area contributed by atoms with E-state index in [1.807, 2.05) is 17.0 Å². The molecule has 0 radical (unpaired) electrons. The number of likely N-dealkylation sites (N-methyl/N-ethyl adjacent to an activating group) is 1. The molecule has 5 nitrogen and oxygen atoms in total. The van der Waals surface area contributed by atoms with Crippen LogP contribution in [-0.4, -0.2) is 43.4 Å². The molecule has 0 saturated carbocycles. The molecule has 5 heteroatoms. The van der Waals surface area contributed by atoms with Gasteiger partial charge in [0.15, 0.2) is 0 Å². The van der Waals surface area contributed by atoms with Gasteiger partial charge in [0.1, 0.15) is 0 Å². The first-order chi connectivity index (χ1) is 10.5. The normalized spacial score (nSPS) is 21.5. The number of carbonyl (C=O) groups excluding carboxylic acids is 2. The van der Waals surface area contributed by atoms with Gasteiger partial charge in [-0.25, -0.2) is 0 Å². The van der Waals surface area contributed by atoms with E-state index in [1.165, 1.54) is 0 Å². The van der Waals surface area contributed by atoms with Gasteiger partial charge in [-0.1, -0.05) is 26.0 Å². The summed E-state index contributed by atoms with van der Waals surface area (Å²) in [5.41, 5.74) is 1.15. The van der Waals surface area contributed by atoms with Gasteiger partial charge in [0, 0.05) is 13.1 Å². The molecule has 1 saturated heterocycles. The number of likely N-dealkylation sites (tertiary alicyclic amines) is 1. The predicted molar refractivity (Wildman–Crippen MR) is 87.8 cm³/mol. The molecule has 22 heavy (non-hydrogen) atoms. The van der Waals surface area contributed by atoms with Crippen LogP contribution in [0.25, 0.3) is 0 Å². The number of nitrogens with zero attached hydrogens (tertiary/aromatic N) is 1. The van der Waals surface area contributed by atoms with Crippen LogP contribution < -0.4 is 10.6 Å². The van der Waals surface area contributed by atoms with Crippen molar-refractivity contribution in [2.45, 2.75) is 20.3 Å². The van der Waals surface area contributed by atoms with Gasteiger partial charge in [0.2, 0.25) is 5.91 Å². The van der Waals surface area contributed by atoms with Crippen LogP contribution in [0.1, 0.15) is 30.6 Å². The van der Waals surface area contributed by atoms with Gasteiger partial charge in [-0.15, -0.1) is 0 Å². The molecule has 1 fully saturated rings. The minimum absolute atomic E-state index is 0.00115. The maximum atomic E-state index is 12.8. The Balaban J connectivity index is 2.17. The van der Waals surface area contributed by atoms with Gasteiger partial charge in [0.05, 0.1) is 17.8 Å². The smallest absolute Gasteiger partial charge is 0.255 e. The number of rotatable bonds is 4. The van der Waals surface area contributed by atoms with Crippen molar-refractivity contribution in [2.24, 2.45) is 11.8 Å². The number of para-hydroxylation sites is 1. The molecular formula is C17H25N3O2. The van der Waals surface area contributed by atoms with Crippen molar-refractivity contribution >= 4 is 17.5 Å². The van der Waals surface area contributed by atoms with E-state index in [9.17, 15) is 9.59 Å².